The third-order valence-electron chi connectivity index (χ3n) is 5.12. The van der Waals surface area contributed by atoms with Crippen LogP contribution < -0.4 is 5.32 Å². The zero-order valence-corrected chi connectivity index (χ0v) is 16.3. The number of Topliss-reactive ketones (excluding diaryl/α,β-unsaturated/α-hetero) is 1. The highest BCUT2D eigenvalue weighted by Crippen LogP contribution is 2.41. The standard InChI is InChI=1S/C25H27NO/c1-19(27)18-25(2,17-9-12-20-10-5-4-6-11-20)24-22-14-8-7-13-21(22)15-16-23(24)26-3/h4-16,26H,17-18H2,1-3H3/b12-9+. The molecule has 0 spiro atoms. The largest absolute Gasteiger partial charge is 0.388 e. The average Bonchev–Trinajstić information content (AvgIpc) is 2.67. The zero-order valence-electron chi connectivity index (χ0n) is 16.3. The second-order valence-corrected chi connectivity index (χ2v) is 7.42. The van der Waals surface area contributed by atoms with E-state index < -0.39 is 0 Å². The first-order chi connectivity index (χ1) is 13.0. The Morgan fingerprint density at radius 1 is 1.00 bits per heavy atom. The first kappa shape index (κ1) is 18.9. The normalized spacial score (nSPS) is 13.6. The predicted molar refractivity (Wildman–Crippen MR) is 116 cm³/mol. The summed E-state index contributed by atoms with van der Waals surface area (Å²) < 4.78 is 0. The van der Waals surface area contributed by atoms with E-state index in [0.717, 1.165) is 12.1 Å². The number of hydrogen-bond donors (Lipinski definition) is 1. The Bertz CT molecular complexity index is 958. The van der Waals surface area contributed by atoms with Crippen molar-refractivity contribution in [2.45, 2.75) is 32.1 Å². The number of carbonyl (C=O) groups is 1. The number of benzene rings is 3. The van der Waals surface area contributed by atoms with Gasteiger partial charge in [-0.05, 0) is 41.3 Å². The fourth-order valence-corrected chi connectivity index (χ4v) is 3.96. The lowest BCUT2D eigenvalue weighted by Crippen LogP contribution is -2.26. The molecule has 0 aliphatic heterocycles. The Balaban J connectivity index is 2.07. The molecule has 0 aliphatic carbocycles. The van der Waals surface area contributed by atoms with Crippen molar-refractivity contribution in [1.82, 2.24) is 0 Å². The molecule has 3 aromatic carbocycles. The number of ketones is 1. The molecular weight excluding hydrogens is 330 g/mol. The molecule has 1 unspecified atom stereocenters. The van der Waals surface area contributed by atoms with Crippen LogP contribution in [0.25, 0.3) is 16.8 Å². The maximum absolute atomic E-state index is 12.2. The summed E-state index contributed by atoms with van der Waals surface area (Å²) in [6.07, 6.45) is 5.64. The van der Waals surface area contributed by atoms with Crippen LogP contribution >= 0.6 is 0 Å². The van der Waals surface area contributed by atoms with Crippen LogP contribution in [0.2, 0.25) is 0 Å². The topological polar surface area (TPSA) is 29.1 Å². The van der Waals surface area contributed by atoms with E-state index in [1.54, 1.807) is 6.92 Å². The summed E-state index contributed by atoms with van der Waals surface area (Å²) in [7, 11) is 1.95. The van der Waals surface area contributed by atoms with Gasteiger partial charge in [0.2, 0.25) is 0 Å². The molecule has 0 saturated carbocycles. The quantitative estimate of drug-likeness (QED) is 0.544. The number of allylic oxidation sites excluding steroid dienone is 1. The molecule has 1 atom stereocenters. The molecule has 0 bridgehead atoms. The molecule has 27 heavy (non-hydrogen) atoms. The highest BCUT2D eigenvalue weighted by atomic mass is 16.1. The third-order valence-corrected chi connectivity index (χ3v) is 5.12. The molecule has 0 heterocycles. The molecule has 0 fully saturated rings. The molecule has 1 N–H and O–H groups in total. The fourth-order valence-electron chi connectivity index (χ4n) is 3.96. The van der Waals surface area contributed by atoms with Gasteiger partial charge in [0.1, 0.15) is 5.78 Å². The maximum Gasteiger partial charge on any atom is 0.130 e. The van der Waals surface area contributed by atoms with Crippen LogP contribution in [0.4, 0.5) is 5.69 Å². The van der Waals surface area contributed by atoms with Gasteiger partial charge in [0.25, 0.3) is 0 Å². The first-order valence-corrected chi connectivity index (χ1v) is 9.44. The number of rotatable bonds is 7. The van der Waals surface area contributed by atoms with Gasteiger partial charge in [0.15, 0.2) is 0 Å². The van der Waals surface area contributed by atoms with Crippen molar-refractivity contribution in [2.75, 3.05) is 12.4 Å². The minimum atomic E-state index is -0.281. The number of anilines is 1. The molecule has 2 heteroatoms. The van der Waals surface area contributed by atoms with Crippen LogP contribution in [0.15, 0.2) is 72.8 Å². The van der Waals surface area contributed by atoms with Gasteiger partial charge in [-0.3, -0.25) is 4.79 Å². The molecule has 2 nitrogen and oxygen atoms in total. The fraction of sp³-hybridized carbons (Fsp3) is 0.240. The zero-order chi connectivity index (χ0) is 19.3. The molecule has 138 valence electrons. The number of nitrogens with one attached hydrogen (secondary N) is 1. The lowest BCUT2D eigenvalue weighted by atomic mass is 9.73. The van der Waals surface area contributed by atoms with Gasteiger partial charge in [-0.1, -0.05) is 79.7 Å². The molecule has 0 aromatic heterocycles. The summed E-state index contributed by atoms with van der Waals surface area (Å²) in [6, 6.07) is 23.0. The van der Waals surface area contributed by atoms with Crippen molar-refractivity contribution in [3.63, 3.8) is 0 Å². The Hall–Kier alpha value is -2.87. The van der Waals surface area contributed by atoms with Crippen LogP contribution in [0.1, 0.15) is 37.8 Å². The van der Waals surface area contributed by atoms with Gasteiger partial charge in [-0.2, -0.15) is 0 Å². The van der Waals surface area contributed by atoms with Crippen LogP contribution in [0.5, 0.6) is 0 Å². The van der Waals surface area contributed by atoms with Gasteiger partial charge in [0.05, 0.1) is 0 Å². The number of fused-ring (bicyclic) bond motifs is 1. The summed E-state index contributed by atoms with van der Waals surface area (Å²) in [6.45, 7) is 3.88. The van der Waals surface area contributed by atoms with E-state index in [0.29, 0.717) is 6.42 Å². The maximum atomic E-state index is 12.2. The van der Waals surface area contributed by atoms with Gasteiger partial charge in [0, 0.05) is 24.6 Å². The second-order valence-electron chi connectivity index (χ2n) is 7.42. The Kier molecular flexibility index (Phi) is 5.75. The molecule has 0 radical (unpaired) electrons. The summed E-state index contributed by atoms with van der Waals surface area (Å²) in [4.78, 5) is 12.2. The van der Waals surface area contributed by atoms with E-state index in [2.05, 4.69) is 72.9 Å². The monoisotopic (exact) mass is 357 g/mol. The molecular formula is C25H27NO. The van der Waals surface area contributed by atoms with Crippen molar-refractivity contribution in [3.05, 3.63) is 83.9 Å². The van der Waals surface area contributed by atoms with E-state index >= 15 is 0 Å². The molecule has 0 aliphatic rings. The summed E-state index contributed by atoms with van der Waals surface area (Å²) in [5.74, 6) is 0.209. The minimum Gasteiger partial charge on any atom is -0.388 e. The lowest BCUT2D eigenvalue weighted by molar-refractivity contribution is -0.118. The van der Waals surface area contributed by atoms with Crippen molar-refractivity contribution in [2.24, 2.45) is 0 Å². The van der Waals surface area contributed by atoms with E-state index in [4.69, 9.17) is 0 Å². The van der Waals surface area contributed by atoms with Gasteiger partial charge < -0.3 is 5.32 Å². The van der Waals surface area contributed by atoms with Gasteiger partial charge >= 0.3 is 0 Å². The van der Waals surface area contributed by atoms with Crippen molar-refractivity contribution in [3.8, 4) is 0 Å². The van der Waals surface area contributed by atoms with Gasteiger partial charge in [-0.25, -0.2) is 0 Å². The van der Waals surface area contributed by atoms with E-state index in [9.17, 15) is 4.79 Å². The van der Waals surface area contributed by atoms with Crippen molar-refractivity contribution < 1.29 is 4.79 Å². The third kappa shape index (κ3) is 4.28. The van der Waals surface area contributed by atoms with E-state index in [1.807, 2.05) is 25.2 Å². The molecule has 0 amide bonds. The number of hydrogen-bond acceptors (Lipinski definition) is 2. The molecule has 0 saturated heterocycles. The summed E-state index contributed by atoms with van der Waals surface area (Å²) in [5.41, 5.74) is 3.20. The first-order valence-electron chi connectivity index (χ1n) is 9.44. The Morgan fingerprint density at radius 2 is 1.70 bits per heavy atom. The van der Waals surface area contributed by atoms with Crippen LogP contribution in [0.3, 0.4) is 0 Å². The van der Waals surface area contributed by atoms with Crippen LogP contribution in [-0.4, -0.2) is 12.8 Å². The second kappa shape index (κ2) is 8.22. The van der Waals surface area contributed by atoms with E-state index in [-0.39, 0.29) is 11.2 Å². The summed E-state index contributed by atoms with van der Waals surface area (Å²) in [5, 5.41) is 5.75. The molecule has 3 aromatic rings. The minimum absolute atomic E-state index is 0.209. The highest BCUT2D eigenvalue weighted by molar-refractivity contribution is 5.92. The molecule has 3 rings (SSSR count). The smallest absolute Gasteiger partial charge is 0.130 e. The van der Waals surface area contributed by atoms with Crippen LogP contribution in [-0.2, 0) is 10.2 Å². The van der Waals surface area contributed by atoms with Crippen molar-refractivity contribution in [1.29, 1.82) is 0 Å². The Labute approximate surface area is 161 Å². The van der Waals surface area contributed by atoms with E-state index in [1.165, 1.54) is 21.9 Å². The number of carbonyl (C=O) groups excluding carboxylic acids is 1. The highest BCUT2D eigenvalue weighted by Gasteiger charge is 2.31. The van der Waals surface area contributed by atoms with Gasteiger partial charge in [-0.15, -0.1) is 0 Å². The SMILES string of the molecule is CNc1ccc2ccccc2c1C(C)(C/C=C/c1ccccc1)CC(C)=O. The lowest BCUT2D eigenvalue weighted by Gasteiger charge is -2.32. The van der Waals surface area contributed by atoms with Crippen LogP contribution in [0, 0.1) is 0 Å². The predicted octanol–water partition coefficient (Wildman–Crippen LogP) is 6.22. The average molecular weight is 357 g/mol. The summed E-state index contributed by atoms with van der Waals surface area (Å²) >= 11 is 0. The Morgan fingerprint density at radius 3 is 2.41 bits per heavy atom. The van der Waals surface area contributed by atoms with Crippen molar-refractivity contribution >= 4 is 28.3 Å².